The number of carboxylic acid groups (broad SMARTS) is 1. The van der Waals surface area contributed by atoms with Gasteiger partial charge in [0, 0.05) is 20.6 Å². The fourth-order valence-corrected chi connectivity index (χ4v) is 4.39. The summed E-state index contributed by atoms with van der Waals surface area (Å²) in [5.41, 5.74) is 1.55. The van der Waals surface area contributed by atoms with Gasteiger partial charge in [0.1, 0.15) is 11.8 Å². The van der Waals surface area contributed by atoms with E-state index in [0.717, 1.165) is 24.0 Å². The first-order valence-electron chi connectivity index (χ1n) is 8.69. The molecule has 0 saturated carbocycles. The van der Waals surface area contributed by atoms with Gasteiger partial charge in [-0.05, 0) is 55.3 Å². The topological polar surface area (TPSA) is 49.8 Å². The highest BCUT2D eigenvalue weighted by Crippen LogP contribution is 2.42. The summed E-state index contributed by atoms with van der Waals surface area (Å²) < 4.78 is 5.55. The number of likely N-dealkylation sites (tertiary alicyclic amines) is 1. The van der Waals surface area contributed by atoms with Crippen LogP contribution >= 0.6 is 34.8 Å². The molecule has 7 heteroatoms. The molecule has 0 spiro atoms. The number of ether oxygens (including phenoxy) is 1. The number of aliphatic carboxylic acids is 1. The maximum atomic E-state index is 11.9. The lowest BCUT2D eigenvalue weighted by Gasteiger charge is -2.40. The summed E-state index contributed by atoms with van der Waals surface area (Å²) in [5.74, 6) is -0.212. The molecule has 2 unspecified atom stereocenters. The van der Waals surface area contributed by atoms with Crippen molar-refractivity contribution in [3.63, 3.8) is 0 Å². The van der Waals surface area contributed by atoms with Crippen molar-refractivity contribution in [1.82, 2.24) is 4.90 Å². The molecule has 0 aliphatic carbocycles. The Hall–Kier alpha value is -1.46. The van der Waals surface area contributed by atoms with E-state index >= 15 is 0 Å². The van der Waals surface area contributed by atoms with Crippen LogP contribution in [0.25, 0.3) is 0 Å². The first kappa shape index (κ1) is 20.3. The second kappa shape index (κ2) is 8.70. The Morgan fingerprint density at radius 3 is 2.48 bits per heavy atom. The number of methoxy groups -OCH3 is 1. The van der Waals surface area contributed by atoms with E-state index in [-0.39, 0.29) is 0 Å². The Morgan fingerprint density at radius 2 is 1.81 bits per heavy atom. The number of carbonyl (C=O) groups is 1. The summed E-state index contributed by atoms with van der Waals surface area (Å²) in [4.78, 5) is 13.9. The van der Waals surface area contributed by atoms with Gasteiger partial charge in [0.15, 0.2) is 0 Å². The zero-order valence-corrected chi connectivity index (χ0v) is 17.1. The summed E-state index contributed by atoms with van der Waals surface area (Å²) in [7, 11) is 1.58. The minimum absolute atomic E-state index is 0.412. The van der Waals surface area contributed by atoms with E-state index in [2.05, 4.69) is 0 Å². The van der Waals surface area contributed by atoms with E-state index in [1.807, 2.05) is 17.0 Å². The Labute approximate surface area is 173 Å². The largest absolute Gasteiger partial charge is 0.496 e. The van der Waals surface area contributed by atoms with E-state index in [1.165, 1.54) is 0 Å². The molecular weight excluding hydrogens is 409 g/mol. The van der Waals surface area contributed by atoms with Crippen LogP contribution in [0.1, 0.15) is 36.4 Å². The number of rotatable bonds is 5. The average molecular weight is 429 g/mol. The van der Waals surface area contributed by atoms with Gasteiger partial charge in [-0.15, -0.1) is 0 Å². The van der Waals surface area contributed by atoms with Gasteiger partial charge in [-0.1, -0.05) is 47.3 Å². The van der Waals surface area contributed by atoms with Gasteiger partial charge in [-0.25, -0.2) is 0 Å². The summed E-state index contributed by atoms with van der Waals surface area (Å²) in [6, 6.07) is 9.58. The molecule has 2 aromatic carbocycles. The van der Waals surface area contributed by atoms with E-state index in [9.17, 15) is 9.90 Å². The molecule has 3 rings (SSSR count). The van der Waals surface area contributed by atoms with Gasteiger partial charge in [-0.2, -0.15) is 0 Å². The van der Waals surface area contributed by atoms with Crippen molar-refractivity contribution in [2.24, 2.45) is 0 Å². The van der Waals surface area contributed by atoms with Crippen LogP contribution in [0.5, 0.6) is 5.75 Å². The lowest BCUT2D eigenvalue weighted by Crippen LogP contribution is -2.47. The quantitative estimate of drug-likeness (QED) is 0.665. The van der Waals surface area contributed by atoms with Crippen LogP contribution in [0.3, 0.4) is 0 Å². The first-order chi connectivity index (χ1) is 12.9. The maximum absolute atomic E-state index is 11.9. The third-order valence-electron chi connectivity index (χ3n) is 4.90. The third kappa shape index (κ3) is 4.35. The average Bonchev–Trinajstić information content (AvgIpc) is 2.64. The van der Waals surface area contributed by atoms with Crippen molar-refractivity contribution < 1.29 is 14.6 Å². The summed E-state index contributed by atoms with van der Waals surface area (Å²) in [5, 5.41) is 11.3. The normalized spacial score (nSPS) is 18.9. The smallest absolute Gasteiger partial charge is 0.320 e. The van der Waals surface area contributed by atoms with Gasteiger partial charge < -0.3 is 9.84 Å². The molecule has 1 fully saturated rings. The number of halogens is 3. The van der Waals surface area contributed by atoms with E-state index in [4.69, 9.17) is 39.5 Å². The zero-order valence-electron chi connectivity index (χ0n) is 14.8. The summed E-state index contributed by atoms with van der Waals surface area (Å²) in [6.45, 7) is 0.635. The molecule has 0 aromatic heterocycles. The summed E-state index contributed by atoms with van der Waals surface area (Å²) in [6.07, 6.45) is 2.37. The molecule has 0 bridgehead atoms. The van der Waals surface area contributed by atoms with Gasteiger partial charge in [0.25, 0.3) is 0 Å². The van der Waals surface area contributed by atoms with Gasteiger partial charge in [0.05, 0.1) is 13.2 Å². The number of hydrogen-bond acceptors (Lipinski definition) is 3. The van der Waals surface area contributed by atoms with Crippen molar-refractivity contribution >= 4 is 40.8 Å². The minimum Gasteiger partial charge on any atom is -0.496 e. The van der Waals surface area contributed by atoms with E-state index < -0.39 is 18.1 Å². The Morgan fingerprint density at radius 1 is 1.11 bits per heavy atom. The first-order valence-corrected chi connectivity index (χ1v) is 9.82. The molecule has 27 heavy (non-hydrogen) atoms. The second-order valence-corrected chi connectivity index (χ2v) is 7.82. The second-order valence-electron chi connectivity index (χ2n) is 6.54. The number of carboxylic acids is 1. The monoisotopic (exact) mass is 427 g/mol. The lowest BCUT2D eigenvalue weighted by molar-refractivity contribution is -0.145. The highest BCUT2D eigenvalue weighted by molar-refractivity contribution is 6.35. The fraction of sp³-hybridized carbons (Fsp3) is 0.350. The highest BCUT2D eigenvalue weighted by Gasteiger charge is 2.37. The SMILES string of the molecule is COc1ccc(Cl)cc1C(c1ccc(Cl)cc1Cl)N1CCCCC1C(=O)O. The van der Waals surface area contributed by atoms with Gasteiger partial charge in [0.2, 0.25) is 0 Å². The molecule has 1 N–H and O–H groups in total. The van der Waals surface area contributed by atoms with Crippen LogP contribution in [0, 0.1) is 0 Å². The van der Waals surface area contributed by atoms with Crippen LogP contribution in [0.2, 0.25) is 15.1 Å². The molecule has 1 aliphatic heterocycles. The Balaban J connectivity index is 2.20. The number of benzene rings is 2. The zero-order chi connectivity index (χ0) is 19.6. The molecule has 1 heterocycles. The van der Waals surface area contributed by atoms with Crippen LogP contribution in [0.15, 0.2) is 36.4 Å². The number of nitrogens with zero attached hydrogens (tertiary/aromatic N) is 1. The molecule has 2 atom stereocenters. The molecule has 0 amide bonds. The van der Waals surface area contributed by atoms with Crippen LogP contribution in [-0.2, 0) is 4.79 Å². The van der Waals surface area contributed by atoms with Crippen molar-refractivity contribution in [3.05, 3.63) is 62.6 Å². The van der Waals surface area contributed by atoms with Crippen LogP contribution in [0.4, 0.5) is 0 Å². The predicted molar refractivity (Wildman–Crippen MR) is 108 cm³/mol. The van der Waals surface area contributed by atoms with Crippen molar-refractivity contribution in [2.75, 3.05) is 13.7 Å². The van der Waals surface area contributed by atoms with Crippen molar-refractivity contribution in [1.29, 1.82) is 0 Å². The molecular formula is C20H20Cl3NO3. The molecule has 2 aromatic rings. The van der Waals surface area contributed by atoms with Crippen molar-refractivity contribution in [2.45, 2.75) is 31.3 Å². The molecule has 1 saturated heterocycles. The molecule has 1 aliphatic rings. The molecule has 144 valence electrons. The van der Waals surface area contributed by atoms with Crippen molar-refractivity contribution in [3.8, 4) is 5.75 Å². The van der Waals surface area contributed by atoms with E-state index in [0.29, 0.717) is 33.8 Å². The summed E-state index contributed by atoms with van der Waals surface area (Å²) >= 11 is 18.9. The Kier molecular flexibility index (Phi) is 6.53. The number of hydrogen-bond donors (Lipinski definition) is 1. The highest BCUT2D eigenvalue weighted by atomic mass is 35.5. The maximum Gasteiger partial charge on any atom is 0.320 e. The predicted octanol–water partition coefficient (Wildman–Crippen LogP) is 5.68. The molecule has 0 radical (unpaired) electrons. The van der Waals surface area contributed by atoms with Gasteiger partial charge >= 0.3 is 5.97 Å². The fourth-order valence-electron chi connectivity index (χ4n) is 3.70. The third-order valence-corrected chi connectivity index (χ3v) is 5.70. The molecule has 4 nitrogen and oxygen atoms in total. The van der Waals surface area contributed by atoms with E-state index in [1.54, 1.807) is 31.4 Å². The van der Waals surface area contributed by atoms with Crippen LogP contribution < -0.4 is 4.74 Å². The minimum atomic E-state index is -0.842. The lowest BCUT2D eigenvalue weighted by atomic mass is 9.91. The Bertz CT molecular complexity index is 843. The van der Waals surface area contributed by atoms with Crippen LogP contribution in [-0.4, -0.2) is 35.7 Å². The number of piperidine rings is 1. The van der Waals surface area contributed by atoms with Gasteiger partial charge in [-0.3, -0.25) is 9.69 Å². The standard InChI is InChI=1S/C20H20Cl3NO3/c1-27-18-8-6-12(21)10-15(18)19(14-7-5-13(22)11-16(14)23)24-9-3-2-4-17(24)20(25)26/h5-8,10-11,17,19H,2-4,9H2,1H3,(H,25,26).